The summed E-state index contributed by atoms with van der Waals surface area (Å²) < 4.78 is 7.52. The normalized spacial score (nSPS) is 11.4. The second-order valence-corrected chi connectivity index (χ2v) is 6.26. The fourth-order valence-electron chi connectivity index (χ4n) is 2.72. The predicted molar refractivity (Wildman–Crippen MR) is 106 cm³/mol. The largest absolute Gasteiger partial charge is 0.490 e. The summed E-state index contributed by atoms with van der Waals surface area (Å²) in [6, 6.07) is 19.5. The van der Waals surface area contributed by atoms with Crippen molar-refractivity contribution in [3.05, 3.63) is 83.2 Å². The van der Waals surface area contributed by atoms with E-state index in [0.717, 1.165) is 28.3 Å². The molecule has 0 fully saturated rings. The Labute approximate surface area is 159 Å². The zero-order valence-corrected chi connectivity index (χ0v) is 15.6. The number of aromatic nitrogens is 2. The highest BCUT2D eigenvalue weighted by Gasteiger charge is 2.05. The van der Waals surface area contributed by atoms with E-state index in [1.165, 1.54) is 0 Å². The minimum Gasteiger partial charge on any atom is -0.490 e. The van der Waals surface area contributed by atoms with Crippen LogP contribution in [0.3, 0.4) is 0 Å². The number of rotatable bonds is 8. The molecular formula is C21H24N4O2. The molecule has 0 bridgehead atoms. The number of benzene rings is 2. The number of ether oxygens (including phenoxy) is 1. The van der Waals surface area contributed by atoms with Crippen LogP contribution in [0.1, 0.15) is 22.5 Å². The van der Waals surface area contributed by atoms with E-state index >= 15 is 0 Å². The zero-order chi connectivity index (χ0) is 19.1. The Hall–Kier alpha value is -3.28. The highest BCUT2D eigenvalue weighted by Crippen LogP contribution is 2.10. The van der Waals surface area contributed by atoms with Crippen molar-refractivity contribution in [3.63, 3.8) is 0 Å². The molecule has 0 spiro atoms. The topological polar surface area (TPSA) is 74.7 Å². The third-order valence-electron chi connectivity index (χ3n) is 4.01. The number of nitrogens with two attached hydrogens (primary N) is 1. The SMILES string of the molecule is Cc1cc(C)n(Cc2cccc(/C(N)=N/OCCOc3ccccc3)c2)n1. The number of hydrogen-bond donors (Lipinski definition) is 1. The lowest BCUT2D eigenvalue weighted by molar-refractivity contribution is 0.107. The van der Waals surface area contributed by atoms with Gasteiger partial charge in [0.2, 0.25) is 0 Å². The van der Waals surface area contributed by atoms with E-state index in [9.17, 15) is 0 Å². The summed E-state index contributed by atoms with van der Waals surface area (Å²) in [5.74, 6) is 1.14. The lowest BCUT2D eigenvalue weighted by atomic mass is 10.1. The Bertz CT molecular complexity index is 904. The van der Waals surface area contributed by atoms with Gasteiger partial charge >= 0.3 is 0 Å². The molecule has 0 amide bonds. The van der Waals surface area contributed by atoms with Gasteiger partial charge < -0.3 is 15.3 Å². The zero-order valence-electron chi connectivity index (χ0n) is 15.6. The van der Waals surface area contributed by atoms with Crippen LogP contribution in [0.15, 0.2) is 65.8 Å². The molecule has 2 N–H and O–H groups in total. The first-order chi connectivity index (χ1) is 13.1. The van der Waals surface area contributed by atoms with Crippen LogP contribution in [0.25, 0.3) is 0 Å². The predicted octanol–water partition coefficient (Wildman–Crippen LogP) is 3.26. The fraction of sp³-hybridized carbons (Fsp3) is 0.238. The third kappa shape index (κ3) is 5.34. The van der Waals surface area contributed by atoms with Crippen LogP contribution in [-0.2, 0) is 11.4 Å². The Morgan fingerprint density at radius 3 is 2.59 bits per heavy atom. The van der Waals surface area contributed by atoms with Crippen LogP contribution >= 0.6 is 0 Å². The van der Waals surface area contributed by atoms with Crippen molar-refractivity contribution in [2.24, 2.45) is 10.9 Å². The summed E-state index contributed by atoms with van der Waals surface area (Å²) in [4.78, 5) is 5.27. The summed E-state index contributed by atoms with van der Waals surface area (Å²) in [6.07, 6.45) is 0. The number of para-hydroxylation sites is 1. The van der Waals surface area contributed by atoms with Gasteiger partial charge in [0.25, 0.3) is 0 Å². The molecule has 0 atom stereocenters. The lowest BCUT2D eigenvalue weighted by Gasteiger charge is -2.08. The maximum absolute atomic E-state index is 6.05. The van der Waals surface area contributed by atoms with Crippen LogP contribution in [0, 0.1) is 13.8 Å². The Morgan fingerprint density at radius 2 is 1.85 bits per heavy atom. The summed E-state index contributed by atoms with van der Waals surface area (Å²) in [5, 5.41) is 8.48. The van der Waals surface area contributed by atoms with Gasteiger partial charge in [0.15, 0.2) is 12.4 Å². The van der Waals surface area contributed by atoms with Crippen molar-refractivity contribution < 1.29 is 9.57 Å². The first-order valence-electron chi connectivity index (χ1n) is 8.85. The van der Waals surface area contributed by atoms with Gasteiger partial charge in [0, 0.05) is 11.3 Å². The van der Waals surface area contributed by atoms with Gasteiger partial charge in [-0.25, -0.2) is 0 Å². The van der Waals surface area contributed by atoms with Gasteiger partial charge in [-0.15, -0.1) is 0 Å². The van der Waals surface area contributed by atoms with Crippen molar-refractivity contribution in [3.8, 4) is 5.75 Å². The Balaban J connectivity index is 1.54. The molecule has 1 aromatic heterocycles. The highest BCUT2D eigenvalue weighted by atomic mass is 16.6. The van der Waals surface area contributed by atoms with E-state index in [2.05, 4.69) is 16.3 Å². The maximum atomic E-state index is 6.05. The molecule has 2 aromatic carbocycles. The van der Waals surface area contributed by atoms with Crippen LogP contribution in [0.5, 0.6) is 5.75 Å². The molecule has 6 nitrogen and oxygen atoms in total. The second kappa shape index (κ2) is 8.89. The molecule has 0 aliphatic carbocycles. The molecule has 0 saturated carbocycles. The van der Waals surface area contributed by atoms with Crippen molar-refractivity contribution in [2.45, 2.75) is 20.4 Å². The van der Waals surface area contributed by atoms with Crippen molar-refractivity contribution in [2.75, 3.05) is 13.2 Å². The maximum Gasteiger partial charge on any atom is 0.170 e. The highest BCUT2D eigenvalue weighted by molar-refractivity contribution is 5.97. The number of aryl methyl sites for hydroxylation is 2. The van der Waals surface area contributed by atoms with Gasteiger partial charge in [0.05, 0.1) is 12.2 Å². The van der Waals surface area contributed by atoms with E-state index in [0.29, 0.717) is 25.6 Å². The monoisotopic (exact) mass is 364 g/mol. The molecular weight excluding hydrogens is 340 g/mol. The first kappa shape index (κ1) is 18.5. The summed E-state index contributed by atoms with van der Waals surface area (Å²) in [7, 11) is 0. The molecule has 0 radical (unpaired) electrons. The summed E-state index contributed by atoms with van der Waals surface area (Å²) in [5.41, 5.74) is 10.1. The van der Waals surface area contributed by atoms with Crippen molar-refractivity contribution in [1.82, 2.24) is 9.78 Å². The minimum atomic E-state index is 0.320. The molecule has 0 aliphatic rings. The molecule has 140 valence electrons. The van der Waals surface area contributed by atoms with E-state index in [4.69, 9.17) is 15.3 Å². The molecule has 6 heteroatoms. The molecule has 0 unspecified atom stereocenters. The van der Waals surface area contributed by atoms with Gasteiger partial charge in [0.1, 0.15) is 12.4 Å². The molecule has 0 aliphatic heterocycles. The third-order valence-corrected chi connectivity index (χ3v) is 4.01. The minimum absolute atomic E-state index is 0.320. The molecule has 3 rings (SSSR count). The molecule has 1 heterocycles. The van der Waals surface area contributed by atoms with E-state index in [1.807, 2.05) is 73.1 Å². The quantitative estimate of drug-likeness (QED) is 0.288. The van der Waals surface area contributed by atoms with E-state index in [1.54, 1.807) is 0 Å². The summed E-state index contributed by atoms with van der Waals surface area (Å²) >= 11 is 0. The first-order valence-corrected chi connectivity index (χ1v) is 8.85. The van der Waals surface area contributed by atoms with Crippen LogP contribution in [0.4, 0.5) is 0 Å². The van der Waals surface area contributed by atoms with Gasteiger partial charge in [-0.3, -0.25) is 4.68 Å². The Kier molecular flexibility index (Phi) is 6.10. The number of hydrogen-bond acceptors (Lipinski definition) is 4. The average Bonchev–Trinajstić information content (AvgIpc) is 2.99. The van der Waals surface area contributed by atoms with Crippen molar-refractivity contribution >= 4 is 5.84 Å². The fourth-order valence-corrected chi connectivity index (χ4v) is 2.72. The number of nitrogens with zero attached hydrogens (tertiary/aromatic N) is 3. The number of amidine groups is 1. The second-order valence-electron chi connectivity index (χ2n) is 6.26. The summed E-state index contributed by atoms with van der Waals surface area (Å²) in [6.45, 7) is 5.45. The van der Waals surface area contributed by atoms with Gasteiger partial charge in [-0.05, 0) is 43.7 Å². The standard InChI is InChI=1S/C21H24N4O2/c1-16-13-17(2)25(23-16)15-18-7-6-8-19(14-18)21(22)24-27-12-11-26-20-9-4-3-5-10-20/h3-10,13-14H,11-12,15H2,1-2H3,(H2,22,24). The van der Waals surface area contributed by atoms with Gasteiger partial charge in [-0.2, -0.15) is 5.10 Å². The molecule has 27 heavy (non-hydrogen) atoms. The van der Waals surface area contributed by atoms with Crippen LogP contribution in [0.2, 0.25) is 0 Å². The van der Waals surface area contributed by atoms with E-state index in [-0.39, 0.29) is 0 Å². The van der Waals surface area contributed by atoms with Crippen molar-refractivity contribution in [1.29, 1.82) is 0 Å². The van der Waals surface area contributed by atoms with Crippen LogP contribution in [-0.4, -0.2) is 28.8 Å². The lowest BCUT2D eigenvalue weighted by Crippen LogP contribution is -2.15. The number of oxime groups is 1. The van der Waals surface area contributed by atoms with Gasteiger partial charge in [-0.1, -0.05) is 41.6 Å². The Morgan fingerprint density at radius 1 is 1.04 bits per heavy atom. The smallest absolute Gasteiger partial charge is 0.170 e. The van der Waals surface area contributed by atoms with Crippen LogP contribution < -0.4 is 10.5 Å². The molecule has 0 saturated heterocycles. The molecule has 3 aromatic rings. The average molecular weight is 364 g/mol. The van der Waals surface area contributed by atoms with E-state index < -0.39 is 0 Å².